The molecular formula is C15H19ClN2O3. The number of para-hydroxylation sites is 1. The third-order valence-corrected chi connectivity index (χ3v) is 3.34. The molecule has 0 radical (unpaired) electrons. The van der Waals surface area contributed by atoms with Crippen LogP contribution in [0.15, 0.2) is 24.3 Å². The van der Waals surface area contributed by atoms with Gasteiger partial charge in [-0.2, -0.15) is 0 Å². The van der Waals surface area contributed by atoms with Crippen LogP contribution in [0.1, 0.15) is 20.8 Å². The molecule has 0 bridgehead atoms. The fourth-order valence-electron chi connectivity index (χ4n) is 2.08. The van der Waals surface area contributed by atoms with Crippen molar-refractivity contribution in [2.45, 2.75) is 26.4 Å². The molecule has 1 saturated heterocycles. The molecule has 0 N–H and O–H groups in total. The van der Waals surface area contributed by atoms with Gasteiger partial charge in [0.25, 0.3) is 0 Å². The van der Waals surface area contributed by atoms with Crippen molar-refractivity contribution < 1.29 is 14.3 Å². The van der Waals surface area contributed by atoms with Crippen LogP contribution in [0.5, 0.6) is 0 Å². The van der Waals surface area contributed by atoms with Crippen molar-refractivity contribution in [3.63, 3.8) is 0 Å². The lowest BCUT2D eigenvalue weighted by Crippen LogP contribution is -2.53. The second-order valence-corrected chi connectivity index (χ2v) is 6.31. The molecule has 1 aromatic rings. The maximum Gasteiger partial charge on any atom is 0.410 e. The third-order valence-electron chi connectivity index (χ3n) is 3.02. The number of benzene rings is 1. The number of nitrogens with zero attached hydrogens (tertiary/aromatic N) is 2. The number of piperazine rings is 1. The number of hydrogen-bond donors (Lipinski definition) is 0. The van der Waals surface area contributed by atoms with Gasteiger partial charge in [0, 0.05) is 13.1 Å². The number of amides is 2. The summed E-state index contributed by atoms with van der Waals surface area (Å²) in [7, 11) is 0. The van der Waals surface area contributed by atoms with Crippen molar-refractivity contribution >= 4 is 29.3 Å². The van der Waals surface area contributed by atoms with Crippen LogP contribution >= 0.6 is 11.6 Å². The molecule has 1 fully saturated rings. The van der Waals surface area contributed by atoms with E-state index < -0.39 is 11.7 Å². The molecule has 0 saturated carbocycles. The summed E-state index contributed by atoms with van der Waals surface area (Å²) in [4.78, 5) is 27.2. The zero-order chi connectivity index (χ0) is 15.6. The monoisotopic (exact) mass is 310 g/mol. The first-order valence-corrected chi connectivity index (χ1v) is 7.18. The van der Waals surface area contributed by atoms with Crippen LogP contribution < -0.4 is 4.90 Å². The van der Waals surface area contributed by atoms with Gasteiger partial charge in [0.05, 0.1) is 10.7 Å². The highest BCUT2D eigenvalue weighted by atomic mass is 35.5. The molecule has 1 aliphatic rings. The normalized spacial score (nSPS) is 16.1. The smallest absolute Gasteiger partial charge is 0.410 e. The van der Waals surface area contributed by atoms with E-state index in [0.29, 0.717) is 23.8 Å². The lowest BCUT2D eigenvalue weighted by atomic mass is 10.2. The average Bonchev–Trinajstić information content (AvgIpc) is 2.38. The summed E-state index contributed by atoms with van der Waals surface area (Å²) >= 11 is 6.11. The molecule has 114 valence electrons. The number of anilines is 1. The molecule has 0 aliphatic carbocycles. The highest BCUT2D eigenvalue weighted by Gasteiger charge is 2.31. The highest BCUT2D eigenvalue weighted by Crippen LogP contribution is 2.26. The van der Waals surface area contributed by atoms with Crippen LogP contribution in [0.25, 0.3) is 0 Å². The van der Waals surface area contributed by atoms with E-state index in [-0.39, 0.29) is 12.5 Å². The minimum Gasteiger partial charge on any atom is -0.444 e. The van der Waals surface area contributed by atoms with Crippen LogP contribution in [0.4, 0.5) is 10.5 Å². The summed E-state index contributed by atoms with van der Waals surface area (Å²) in [6.07, 6.45) is -0.463. The molecule has 0 aromatic heterocycles. The van der Waals surface area contributed by atoms with Gasteiger partial charge in [-0.15, -0.1) is 0 Å². The highest BCUT2D eigenvalue weighted by molar-refractivity contribution is 6.33. The Kier molecular flexibility index (Phi) is 4.42. The second kappa shape index (κ2) is 5.93. The number of carbonyl (C=O) groups is 2. The standard InChI is InChI=1S/C15H19ClN2O3/c1-15(2,3)21-14(20)17-8-9-18(13(19)10-17)12-7-5-4-6-11(12)16/h4-7H,8-10H2,1-3H3. The molecule has 0 atom stereocenters. The number of carbonyl (C=O) groups excluding carboxylic acids is 2. The van der Waals surface area contributed by atoms with Crippen LogP contribution in [0.2, 0.25) is 5.02 Å². The van der Waals surface area contributed by atoms with Crippen molar-refractivity contribution in [2.24, 2.45) is 0 Å². The van der Waals surface area contributed by atoms with E-state index in [4.69, 9.17) is 16.3 Å². The number of hydrogen-bond acceptors (Lipinski definition) is 3. The van der Waals surface area contributed by atoms with E-state index in [2.05, 4.69) is 0 Å². The molecule has 1 aliphatic heterocycles. The lowest BCUT2D eigenvalue weighted by Gasteiger charge is -2.35. The van der Waals surface area contributed by atoms with Gasteiger partial charge in [-0.1, -0.05) is 23.7 Å². The summed E-state index contributed by atoms with van der Waals surface area (Å²) in [5.41, 5.74) is 0.105. The van der Waals surface area contributed by atoms with E-state index in [1.807, 2.05) is 12.1 Å². The average molecular weight is 311 g/mol. The van der Waals surface area contributed by atoms with E-state index in [0.717, 1.165) is 0 Å². The van der Waals surface area contributed by atoms with E-state index >= 15 is 0 Å². The summed E-state index contributed by atoms with van der Waals surface area (Å²) < 4.78 is 5.28. The molecule has 0 unspecified atom stereocenters. The Hall–Kier alpha value is -1.75. The van der Waals surface area contributed by atoms with E-state index in [9.17, 15) is 9.59 Å². The summed E-state index contributed by atoms with van der Waals surface area (Å²) in [5.74, 6) is -0.166. The van der Waals surface area contributed by atoms with Crippen molar-refractivity contribution in [2.75, 3.05) is 24.5 Å². The third kappa shape index (κ3) is 3.88. The number of rotatable bonds is 1. The molecule has 6 heteroatoms. The summed E-state index contributed by atoms with van der Waals surface area (Å²) in [6.45, 7) is 6.22. The molecule has 0 spiro atoms. The van der Waals surface area contributed by atoms with Crippen LogP contribution in [-0.4, -0.2) is 42.1 Å². The van der Waals surface area contributed by atoms with E-state index in [1.165, 1.54) is 4.90 Å². The zero-order valence-corrected chi connectivity index (χ0v) is 13.2. The first-order valence-electron chi connectivity index (χ1n) is 6.81. The Morgan fingerprint density at radius 3 is 2.48 bits per heavy atom. The van der Waals surface area contributed by atoms with E-state index in [1.54, 1.807) is 37.8 Å². The molecular weight excluding hydrogens is 292 g/mol. The SMILES string of the molecule is CC(C)(C)OC(=O)N1CCN(c2ccccc2Cl)C(=O)C1. The lowest BCUT2D eigenvalue weighted by molar-refractivity contribution is -0.121. The fraction of sp³-hybridized carbons (Fsp3) is 0.467. The van der Waals surface area contributed by atoms with Crippen LogP contribution in [0, 0.1) is 0 Å². The predicted molar refractivity (Wildman–Crippen MR) is 81.6 cm³/mol. The predicted octanol–water partition coefficient (Wildman–Crippen LogP) is 2.92. The summed E-state index contributed by atoms with van der Waals surface area (Å²) in [5, 5.41) is 0.525. The molecule has 2 rings (SSSR count). The minimum atomic E-state index is -0.569. The number of halogens is 1. The Morgan fingerprint density at radius 2 is 1.90 bits per heavy atom. The van der Waals surface area contributed by atoms with Gasteiger partial charge in [-0.05, 0) is 32.9 Å². The van der Waals surface area contributed by atoms with Crippen molar-refractivity contribution in [3.05, 3.63) is 29.3 Å². The fourth-order valence-corrected chi connectivity index (χ4v) is 2.32. The quantitative estimate of drug-likeness (QED) is 0.801. The minimum absolute atomic E-state index is 0.000135. The first-order chi connectivity index (χ1) is 9.78. The van der Waals surface area contributed by atoms with Crippen LogP contribution in [-0.2, 0) is 9.53 Å². The molecule has 1 heterocycles. The maximum absolute atomic E-state index is 12.2. The van der Waals surface area contributed by atoms with Gasteiger partial charge >= 0.3 is 6.09 Å². The Bertz CT molecular complexity index is 554. The number of ether oxygens (including phenoxy) is 1. The first kappa shape index (κ1) is 15.6. The zero-order valence-electron chi connectivity index (χ0n) is 12.4. The Morgan fingerprint density at radius 1 is 1.24 bits per heavy atom. The van der Waals surface area contributed by atoms with Gasteiger partial charge < -0.3 is 9.64 Å². The topological polar surface area (TPSA) is 49.9 Å². The molecule has 21 heavy (non-hydrogen) atoms. The van der Waals surface area contributed by atoms with Crippen LogP contribution in [0.3, 0.4) is 0 Å². The van der Waals surface area contributed by atoms with Gasteiger partial charge in [0.2, 0.25) is 5.91 Å². The Balaban J connectivity index is 2.05. The van der Waals surface area contributed by atoms with Crippen molar-refractivity contribution in [1.82, 2.24) is 4.90 Å². The van der Waals surface area contributed by atoms with Gasteiger partial charge in [0.15, 0.2) is 0 Å². The Labute approximate surface area is 129 Å². The van der Waals surface area contributed by atoms with Gasteiger partial charge in [0.1, 0.15) is 12.1 Å². The van der Waals surface area contributed by atoms with Crippen molar-refractivity contribution in [3.8, 4) is 0 Å². The second-order valence-electron chi connectivity index (χ2n) is 5.90. The molecule has 1 aromatic carbocycles. The maximum atomic E-state index is 12.2. The van der Waals surface area contributed by atoms with Crippen molar-refractivity contribution in [1.29, 1.82) is 0 Å². The summed E-state index contributed by atoms with van der Waals surface area (Å²) in [6, 6.07) is 7.18. The van der Waals surface area contributed by atoms with Gasteiger partial charge in [-0.3, -0.25) is 9.69 Å². The van der Waals surface area contributed by atoms with Gasteiger partial charge in [-0.25, -0.2) is 4.79 Å². The largest absolute Gasteiger partial charge is 0.444 e. The molecule has 2 amide bonds. The molecule has 5 nitrogen and oxygen atoms in total.